The van der Waals surface area contributed by atoms with E-state index in [1.54, 1.807) is 11.1 Å². The molecule has 2 amide bonds. The van der Waals surface area contributed by atoms with Gasteiger partial charge in [-0.05, 0) is 54.8 Å². The van der Waals surface area contributed by atoms with Gasteiger partial charge in [0.2, 0.25) is 0 Å². The molecule has 1 N–H and O–H groups in total. The van der Waals surface area contributed by atoms with E-state index in [2.05, 4.69) is 29.4 Å². The Balaban J connectivity index is 1.63. The first-order valence-corrected chi connectivity index (χ1v) is 10.5. The lowest BCUT2D eigenvalue weighted by Crippen LogP contribution is -2.36. The van der Waals surface area contributed by atoms with Gasteiger partial charge < -0.3 is 15.0 Å². The molecule has 156 valence electrons. The summed E-state index contributed by atoms with van der Waals surface area (Å²) in [4.78, 5) is 19.2. The third-order valence-electron chi connectivity index (χ3n) is 4.75. The van der Waals surface area contributed by atoms with Gasteiger partial charge in [-0.2, -0.15) is 0 Å². The Morgan fingerprint density at radius 2 is 1.77 bits per heavy atom. The Bertz CT molecular complexity index is 883. The molecule has 0 saturated carbocycles. The van der Waals surface area contributed by atoms with E-state index < -0.39 is 0 Å². The first-order valence-electron chi connectivity index (χ1n) is 10.5. The average molecular weight is 404 g/mol. The van der Waals surface area contributed by atoms with Gasteiger partial charge in [0, 0.05) is 18.4 Å². The van der Waals surface area contributed by atoms with E-state index in [4.69, 9.17) is 4.74 Å². The molecule has 0 aliphatic rings. The second kappa shape index (κ2) is 11.6. The molecule has 5 heteroatoms. The van der Waals surface area contributed by atoms with Crippen LogP contribution in [-0.2, 0) is 13.0 Å². The third-order valence-corrected chi connectivity index (χ3v) is 4.75. The Labute approximate surface area is 178 Å². The number of hydrogen-bond acceptors (Lipinski definition) is 3. The summed E-state index contributed by atoms with van der Waals surface area (Å²) < 4.78 is 5.69. The van der Waals surface area contributed by atoms with Gasteiger partial charge in [-0.3, -0.25) is 4.98 Å². The number of aromatic nitrogens is 1. The lowest BCUT2D eigenvalue weighted by molar-refractivity contribution is 0.209. The van der Waals surface area contributed by atoms with Crippen molar-refractivity contribution in [3.05, 3.63) is 90.3 Å². The molecule has 3 rings (SSSR count). The van der Waals surface area contributed by atoms with Crippen LogP contribution in [0.1, 0.15) is 31.0 Å². The van der Waals surface area contributed by atoms with Crippen LogP contribution in [0, 0.1) is 0 Å². The van der Waals surface area contributed by atoms with Crippen LogP contribution >= 0.6 is 0 Å². The predicted molar refractivity (Wildman–Crippen MR) is 121 cm³/mol. The first-order chi connectivity index (χ1) is 14.7. The van der Waals surface area contributed by atoms with Gasteiger partial charge in [0.25, 0.3) is 0 Å². The van der Waals surface area contributed by atoms with Crippen molar-refractivity contribution in [2.75, 3.05) is 18.5 Å². The van der Waals surface area contributed by atoms with E-state index in [1.165, 1.54) is 5.56 Å². The van der Waals surface area contributed by atoms with Crippen molar-refractivity contribution < 1.29 is 9.53 Å². The highest BCUT2D eigenvalue weighted by atomic mass is 16.5. The van der Waals surface area contributed by atoms with Gasteiger partial charge in [-0.25, -0.2) is 4.79 Å². The maximum absolute atomic E-state index is 13.0. The highest BCUT2D eigenvalue weighted by Crippen LogP contribution is 2.17. The van der Waals surface area contributed by atoms with Crippen molar-refractivity contribution in [2.45, 2.75) is 32.7 Å². The number of ether oxygens (including phenoxy) is 1. The smallest absolute Gasteiger partial charge is 0.322 e. The summed E-state index contributed by atoms with van der Waals surface area (Å²) in [7, 11) is 0. The monoisotopic (exact) mass is 403 g/mol. The van der Waals surface area contributed by atoms with Crippen LogP contribution in [0.5, 0.6) is 5.75 Å². The fourth-order valence-corrected chi connectivity index (χ4v) is 3.02. The molecule has 1 aromatic heterocycles. The number of nitrogens with one attached hydrogen (secondary N) is 1. The number of carbonyl (C=O) groups is 1. The molecular weight excluding hydrogens is 374 g/mol. The lowest BCUT2D eigenvalue weighted by Gasteiger charge is -2.23. The van der Waals surface area contributed by atoms with E-state index in [9.17, 15) is 4.79 Å². The Hall–Kier alpha value is -3.34. The quantitative estimate of drug-likeness (QED) is 0.452. The van der Waals surface area contributed by atoms with E-state index in [1.807, 2.05) is 60.7 Å². The number of benzene rings is 2. The number of nitrogens with zero attached hydrogens (tertiary/aromatic N) is 2. The number of anilines is 1. The fourth-order valence-electron chi connectivity index (χ4n) is 3.02. The largest absolute Gasteiger partial charge is 0.494 e. The number of rotatable bonds is 10. The zero-order chi connectivity index (χ0) is 21.0. The summed E-state index contributed by atoms with van der Waals surface area (Å²) in [6, 6.07) is 23.3. The summed E-state index contributed by atoms with van der Waals surface area (Å²) in [6.45, 7) is 3.90. The number of urea groups is 1. The highest BCUT2D eigenvalue weighted by molar-refractivity contribution is 5.89. The van der Waals surface area contributed by atoms with Crippen LogP contribution in [0.2, 0.25) is 0 Å². The van der Waals surface area contributed by atoms with Gasteiger partial charge in [0.05, 0.1) is 18.8 Å². The van der Waals surface area contributed by atoms with Gasteiger partial charge >= 0.3 is 6.03 Å². The molecule has 0 spiro atoms. The Morgan fingerprint density at radius 3 is 2.47 bits per heavy atom. The molecule has 3 aromatic rings. The van der Waals surface area contributed by atoms with Gasteiger partial charge in [0.1, 0.15) is 5.75 Å². The summed E-state index contributed by atoms with van der Waals surface area (Å²) in [5.41, 5.74) is 2.80. The normalized spacial score (nSPS) is 10.4. The molecule has 30 heavy (non-hydrogen) atoms. The van der Waals surface area contributed by atoms with Crippen molar-refractivity contribution in [1.82, 2.24) is 9.88 Å². The Kier molecular flexibility index (Phi) is 8.27. The number of amides is 2. The van der Waals surface area contributed by atoms with Crippen LogP contribution in [0.4, 0.5) is 10.5 Å². The molecule has 0 aliphatic carbocycles. The average Bonchev–Trinajstić information content (AvgIpc) is 2.79. The summed E-state index contributed by atoms with van der Waals surface area (Å²) in [5, 5.41) is 3.00. The van der Waals surface area contributed by atoms with Crippen molar-refractivity contribution >= 4 is 11.7 Å². The number of carbonyl (C=O) groups excluding carboxylic acids is 1. The minimum absolute atomic E-state index is 0.142. The lowest BCUT2D eigenvalue weighted by atomic mass is 10.1. The second-order valence-corrected chi connectivity index (χ2v) is 7.13. The number of hydrogen-bond donors (Lipinski definition) is 1. The summed E-state index contributed by atoms with van der Waals surface area (Å²) in [6.07, 6.45) is 4.66. The molecule has 5 nitrogen and oxygen atoms in total. The van der Waals surface area contributed by atoms with Crippen LogP contribution in [-0.4, -0.2) is 29.1 Å². The third kappa shape index (κ3) is 6.92. The predicted octanol–water partition coefficient (Wildman–Crippen LogP) is 5.54. The zero-order valence-corrected chi connectivity index (χ0v) is 17.5. The van der Waals surface area contributed by atoms with Crippen molar-refractivity contribution in [3.8, 4) is 5.75 Å². The first kappa shape index (κ1) is 21.4. The highest BCUT2D eigenvalue weighted by Gasteiger charge is 2.15. The van der Waals surface area contributed by atoms with Gasteiger partial charge in [0.15, 0.2) is 0 Å². The fraction of sp³-hybridized carbons (Fsp3) is 0.280. The van der Waals surface area contributed by atoms with Crippen molar-refractivity contribution in [2.24, 2.45) is 0 Å². The molecule has 1 heterocycles. The molecule has 0 saturated heterocycles. The number of unbranched alkanes of at least 4 members (excludes halogenated alkanes) is 1. The summed E-state index contributed by atoms with van der Waals surface area (Å²) >= 11 is 0. The SMILES string of the molecule is CCCCOc1ccc(NC(=O)N(CCc2ccccc2)Cc2ccccn2)cc1. The maximum atomic E-state index is 13.0. The standard InChI is InChI=1S/C25H29N3O2/c1-2-3-19-30-24-14-12-22(13-15-24)27-25(29)28(20-23-11-7-8-17-26-23)18-16-21-9-5-4-6-10-21/h4-15,17H,2-3,16,18-20H2,1H3,(H,27,29). The van der Waals surface area contributed by atoms with Crippen molar-refractivity contribution in [3.63, 3.8) is 0 Å². The second-order valence-electron chi connectivity index (χ2n) is 7.13. The van der Waals surface area contributed by atoms with E-state index in [-0.39, 0.29) is 6.03 Å². The van der Waals surface area contributed by atoms with Gasteiger partial charge in [-0.15, -0.1) is 0 Å². The molecule has 2 aromatic carbocycles. The topological polar surface area (TPSA) is 54.5 Å². The Morgan fingerprint density at radius 1 is 1.00 bits per heavy atom. The van der Waals surface area contributed by atoms with Gasteiger partial charge in [-0.1, -0.05) is 49.7 Å². The molecule has 0 aliphatic heterocycles. The maximum Gasteiger partial charge on any atom is 0.322 e. The minimum atomic E-state index is -0.142. The van der Waals surface area contributed by atoms with E-state index in [0.29, 0.717) is 19.7 Å². The zero-order valence-electron chi connectivity index (χ0n) is 17.5. The minimum Gasteiger partial charge on any atom is -0.494 e. The van der Waals surface area contributed by atoms with Crippen molar-refractivity contribution in [1.29, 1.82) is 0 Å². The van der Waals surface area contributed by atoms with Crippen LogP contribution in [0.3, 0.4) is 0 Å². The molecule has 0 fully saturated rings. The molecular formula is C25H29N3O2. The molecule has 0 unspecified atom stereocenters. The van der Waals surface area contributed by atoms with E-state index >= 15 is 0 Å². The van der Waals surface area contributed by atoms with Crippen LogP contribution < -0.4 is 10.1 Å². The number of pyridine rings is 1. The van der Waals surface area contributed by atoms with Crippen LogP contribution in [0.15, 0.2) is 79.0 Å². The summed E-state index contributed by atoms with van der Waals surface area (Å²) in [5.74, 6) is 0.816. The van der Waals surface area contributed by atoms with E-state index in [0.717, 1.165) is 36.4 Å². The molecule has 0 radical (unpaired) electrons. The van der Waals surface area contributed by atoms with Crippen LogP contribution in [0.25, 0.3) is 0 Å². The molecule has 0 atom stereocenters. The molecule has 0 bridgehead atoms.